The van der Waals surface area contributed by atoms with Crippen LogP contribution in [0.5, 0.6) is 0 Å². The van der Waals surface area contributed by atoms with Crippen LogP contribution in [-0.2, 0) is 14.8 Å². The van der Waals surface area contributed by atoms with Gasteiger partial charge >= 0.3 is 0 Å². The van der Waals surface area contributed by atoms with E-state index < -0.39 is 15.9 Å². The normalized spacial score (nSPS) is 11.2. The van der Waals surface area contributed by atoms with Gasteiger partial charge in [-0.05, 0) is 48.9 Å². The zero-order valence-corrected chi connectivity index (χ0v) is 18.4. The van der Waals surface area contributed by atoms with Crippen molar-refractivity contribution in [2.24, 2.45) is 5.73 Å². The van der Waals surface area contributed by atoms with Gasteiger partial charge in [-0.3, -0.25) is 4.79 Å². The Morgan fingerprint density at radius 3 is 2.50 bits per heavy atom. The maximum atomic E-state index is 12.3. The van der Waals surface area contributed by atoms with E-state index in [1.165, 1.54) is 25.4 Å². The van der Waals surface area contributed by atoms with Gasteiger partial charge < -0.3 is 21.1 Å². The molecule has 0 spiro atoms. The Bertz CT molecular complexity index is 1200. The first-order valence-electron chi connectivity index (χ1n) is 9.65. The monoisotopic (exact) mass is 456 g/mol. The summed E-state index contributed by atoms with van der Waals surface area (Å²) in [5, 5.41) is 6.07. The van der Waals surface area contributed by atoms with Crippen molar-refractivity contribution >= 4 is 39.1 Å². The number of nitrogens with one attached hydrogen (secondary N) is 3. The number of amides is 1. The quantitative estimate of drug-likeness (QED) is 0.340. The van der Waals surface area contributed by atoms with Crippen molar-refractivity contribution in [2.45, 2.75) is 11.8 Å². The highest BCUT2D eigenvalue weighted by molar-refractivity contribution is 7.89. The number of hydrogen-bond donors (Lipinski definition) is 4. The highest BCUT2D eigenvalue weighted by Gasteiger charge is 2.15. The molecule has 32 heavy (non-hydrogen) atoms. The Morgan fingerprint density at radius 2 is 1.84 bits per heavy atom. The zero-order valence-electron chi connectivity index (χ0n) is 17.6. The lowest BCUT2D eigenvalue weighted by atomic mass is 10.2. The maximum absolute atomic E-state index is 12.3. The molecule has 5 N–H and O–H groups in total. The number of nitrogens with zero attached hydrogens (tertiary/aromatic N) is 2. The van der Waals surface area contributed by atoms with Gasteiger partial charge in [0.1, 0.15) is 11.4 Å². The summed E-state index contributed by atoms with van der Waals surface area (Å²) in [5.74, 6) is -0.205. The van der Waals surface area contributed by atoms with Gasteiger partial charge in [-0.25, -0.2) is 18.1 Å². The summed E-state index contributed by atoms with van der Waals surface area (Å²) < 4.78 is 31.8. The molecule has 0 aliphatic rings. The summed E-state index contributed by atoms with van der Waals surface area (Å²) in [6.07, 6.45) is 1.33. The summed E-state index contributed by atoms with van der Waals surface area (Å²) in [6.45, 7) is 2.40. The van der Waals surface area contributed by atoms with Crippen molar-refractivity contribution in [1.82, 2.24) is 14.7 Å². The lowest BCUT2D eigenvalue weighted by molar-refractivity contribution is 0.100. The Hall–Kier alpha value is -3.54. The fraction of sp³-hybridized carbons (Fsp3) is 0.190. The van der Waals surface area contributed by atoms with Gasteiger partial charge in [-0.1, -0.05) is 12.1 Å². The second-order valence-electron chi connectivity index (χ2n) is 6.85. The number of methoxy groups -OCH3 is 1. The van der Waals surface area contributed by atoms with Crippen LogP contribution in [0.25, 0.3) is 0 Å². The molecule has 11 heteroatoms. The first-order valence-corrected chi connectivity index (χ1v) is 11.1. The van der Waals surface area contributed by atoms with Crippen molar-refractivity contribution in [2.75, 3.05) is 30.9 Å². The van der Waals surface area contributed by atoms with Gasteiger partial charge in [0.25, 0.3) is 5.91 Å². The molecule has 1 aromatic heterocycles. The molecule has 10 nitrogen and oxygen atoms in total. The zero-order chi connectivity index (χ0) is 23.1. The SMILES string of the molecule is COCCNS(=O)(=O)c1ccc(Nc2ncc(C(N)=O)c(Nc3cccc(C)c3)n2)cc1. The van der Waals surface area contributed by atoms with Crippen LogP contribution < -0.4 is 21.1 Å². The van der Waals surface area contributed by atoms with Crippen LogP contribution in [0.4, 0.5) is 23.1 Å². The molecular weight excluding hydrogens is 432 g/mol. The van der Waals surface area contributed by atoms with E-state index in [-0.39, 0.29) is 35.4 Å². The fourth-order valence-corrected chi connectivity index (χ4v) is 3.80. The van der Waals surface area contributed by atoms with Crippen LogP contribution in [0.3, 0.4) is 0 Å². The third kappa shape index (κ3) is 6.00. The van der Waals surface area contributed by atoms with Crippen molar-refractivity contribution in [3.63, 3.8) is 0 Å². The summed E-state index contributed by atoms with van der Waals surface area (Å²) in [7, 11) is -2.14. The fourth-order valence-electron chi connectivity index (χ4n) is 2.79. The predicted molar refractivity (Wildman–Crippen MR) is 122 cm³/mol. The van der Waals surface area contributed by atoms with E-state index >= 15 is 0 Å². The number of anilines is 4. The molecular formula is C21H24N6O4S. The minimum Gasteiger partial charge on any atom is -0.383 e. The molecule has 1 amide bonds. The molecule has 0 bridgehead atoms. The van der Waals surface area contributed by atoms with Crippen LogP contribution in [0.1, 0.15) is 15.9 Å². The predicted octanol–water partition coefficient (Wildman–Crippen LogP) is 2.30. The summed E-state index contributed by atoms with van der Waals surface area (Å²) >= 11 is 0. The number of ether oxygens (including phenoxy) is 1. The number of nitrogens with two attached hydrogens (primary N) is 1. The number of hydrogen-bond acceptors (Lipinski definition) is 8. The molecule has 2 aromatic carbocycles. The minimum atomic E-state index is -3.63. The Balaban J connectivity index is 1.79. The summed E-state index contributed by atoms with van der Waals surface area (Å²) in [5.41, 5.74) is 7.94. The van der Waals surface area contributed by atoms with Crippen LogP contribution >= 0.6 is 0 Å². The van der Waals surface area contributed by atoms with E-state index in [1.54, 1.807) is 12.1 Å². The first kappa shape index (κ1) is 23.1. The smallest absolute Gasteiger partial charge is 0.254 e. The minimum absolute atomic E-state index is 0.117. The Kier molecular flexibility index (Phi) is 7.36. The molecule has 0 saturated carbocycles. The third-order valence-corrected chi connectivity index (χ3v) is 5.83. The third-order valence-electron chi connectivity index (χ3n) is 4.35. The molecule has 0 unspecified atom stereocenters. The first-order chi connectivity index (χ1) is 15.3. The summed E-state index contributed by atoms with van der Waals surface area (Å²) in [4.78, 5) is 20.4. The van der Waals surface area contributed by atoms with E-state index in [2.05, 4.69) is 25.3 Å². The lowest BCUT2D eigenvalue weighted by Gasteiger charge is -2.12. The van der Waals surface area contributed by atoms with Crippen molar-refractivity contribution in [3.05, 3.63) is 65.9 Å². The van der Waals surface area contributed by atoms with Gasteiger partial charge in [-0.15, -0.1) is 0 Å². The highest BCUT2D eigenvalue weighted by Crippen LogP contribution is 2.22. The Labute approximate surface area is 186 Å². The number of rotatable bonds is 10. The van der Waals surface area contributed by atoms with E-state index in [1.807, 2.05) is 31.2 Å². The molecule has 0 aliphatic carbocycles. The van der Waals surface area contributed by atoms with E-state index in [9.17, 15) is 13.2 Å². The van der Waals surface area contributed by atoms with E-state index in [0.717, 1.165) is 11.3 Å². The molecule has 3 rings (SSSR count). The highest BCUT2D eigenvalue weighted by atomic mass is 32.2. The second-order valence-corrected chi connectivity index (χ2v) is 8.62. The van der Waals surface area contributed by atoms with E-state index in [0.29, 0.717) is 5.69 Å². The number of primary amides is 1. The average molecular weight is 457 g/mol. The van der Waals surface area contributed by atoms with Crippen LogP contribution in [0.15, 0.2) is 59.6 Å². The lowest BCUT2D eigenvalue weighted by Crippen LogP contribution is -2.27. The number of sulfonamides is 1. The van der Waals surface area contributed by atoms with Crippen molar-refractivity contribution in [3.8, 4) is 0 Å². The standard InChI is InChI=1S/C21H24N6O4S/c1-14-4-3-5-16(12-14)25-20-18(19(22)28)13-23-21(27-20)26-15-6-8-17(9-7-15)32(29,30)24-10-11-31-2/h3-9,12-13,24H,10-11H2,1-2H3,(H2,22,28)(H2,23,25,26,27). The van der Waals surface area contributed by atoms with Gasteiger partial charge in [0, 0.05) is 31.2 Å². The molecule has 0 fully saturated rings. The molecule has 0 radical (unpaired) electrons. The maximum Gasteiger partial charge on any atom is 0.254 e. The van der Waals surface area contributed by atoms with Gasteiger partial charge in [0.15, 0.2) is 0 Å². The topological polar surface area (TPSA) is 148 Å². The molecule has 1 heterocycles. The molecule has 0 saturated heterocycles. The Morgan fingerprint density at radius 1 is 1.09 bits per heavy atom. The van der Waals surface area contributed by atoms with Gasteiger partial charge in [0.05, 0.1) is 11.5 Å². The average Bonchev–Trinajstić information content (AvgIpc) is 2.74. The van der Waals surface area contributed by atoms with Crippen LogP contribution in [0, 0.1) is 6.92 Å². The molecule has 168 valence electrons. The molecule has 3 aromatic rings. The van der Waals surface area contributed by atoms with Gasteiger partial charge in [-0.2, -0.15) is 4.98 Å². The largest absolute Gasteiger partial charge is 0.383 e. The number of aryl methyl sites for hydroxylation is 1. The van der Waals surface area contributed by atoms with Crippen LogP contribution in [-0.4, -0.2) is 44.6 Å². The molecule has 0 atom stereocenters. The second kappa shape index (κ2) is 10.2. The number of carbonyl (C=O) groups is 1. The van der Waals surface area contributed by atoms with Gasteiger partial charge in [0.2, 0.25) is 16.0 Å². The summed E-state index contributed by atoms with van der Waals surface area (Å²) in [6, 6.07) is 13.7. The van der Waals surface area contributed by atoms with Crippen molar-refractivity contribution in [1.29, 1.82) is 0 Å². The van der Waals surface area contributed by atoms with Crippen molar-refractivity contribution < 1.29 is 17.9 Å². The van der Waals surface area contributed by atoms with E-state index in [4.69, 9.17) is 10.5 Å². The molecule has 0 aliphatic heterocycles. The number of aromatic nitrogens is 2. The van der Waals surface area contributed by atoms with Crippen LogP contribution in [0.2, 0.25) is 0 Å². The number of carbonyl (C=O) groups excluding carboxylic acids is 1. The number of benzene rings is 2.